The fraction of sp³-hybridized carbons (Fsp3) is 0.600. The summed E-state index contributed by atoms with van der Waals surface area (Å²) in [6.07, 6.45) is 2.37. The van der Waals surface area contributed by atoms with E-state index in [0.29, 0.717) is 6.54 Å². The summed E-state index contributed by atoms with van der Waals surface area (Å²) in [4.78, 5) is 0. The van der Waals surface area contributed by atoms with E-state index in [9.17, 15) is 8.78 Å². The Labute approximate surface area is 113 Å². The minimum Gasteiger partial charge on any atom is -0.330 e. The van der Waals surface area contributed by atoms with Crippen molar-refractivity contribution < 1.29 is 8.78 Å². The third-order valence-corrected chi connectivity index (χ3v) is 4.16. The van der Waals surface area contributed by atoms with E-state index in [1.54, 1.807) is 6.07 Å². The number of rotatable bonds is 6. The first-order valence-corrected chi connectivity index (χ1v) is 6.75. The van der Waals surface area contributed by atoms with Crippen LogP contribution < -0.4 is 11.1 Å². The van der Waals surface area contributed by atoms with E-state index < -0.39 is 11.6 Å². The minimum atomic E-state index is -0.799. The lowest BCUT2D eigenvalue weighted by Crippen LogP contribution is -2.38. The number of nitrogens with two attached hydrogens (primary N) is 1. The zero-order valence-corrected chi connectivity index (χ0v) is 11.6. The maximum Gasteiger partial charge on any atom is 0.159 e. The van der Waals surface area contributed by atoms with Crippen molar-refractivity contribution in [2.45, 2.75) is 32.1 Å². The lowest BCUT2D eigenvalue weighted by atomic mass is 9.84. The molecule has 0 atom stereocenters. The summed E-state index contributed by atoms with van der Waals surface area (Å²) < 4.78 is 26.2. The van der Waals surface area contributed by atoms with E-state index in [0.717, 1.165) is 18.7 Å². The third-order valence-electron chi connectivity index (χ3n) is 4.16. The Hall–Kier alpha value is -1.00. The molecule has 4 heteroatoms. The zero-order valence-electron chi connectivity index (χ0n) is 11.6. The Bertz CT molecular complexity index is 453. The van der Waals surface area contributed by atoms with Crippen LogP contribution in [0.3, 0.4) is 0 Å². The van der Waals surface area contributed by atoms with Crippen molar-refractivity contribution in [3.05, 3.63) is 35.4 Å². The minimum absolute atomic E-state index is 0.237. The molecule has 0 unspecified atom stereocenters. The quantitative estimate of drug-likeness (QED) is 0.832. The van der Waals surface area contributed by atoms with Gasteiger partial charge in [0.15, 0.2) is 11.6 Å². The van der Waals surface area contributed by atoms with Gasteiger partial charge in [0, 0.05) is 18.5 Å². The standard InChI is InChI=1S/C15H22F2N2/c1-14(2,9-19-10-15(8-18)5-6-15)11-3-4-12(16)13(17)7-11/h3-4,7,19H,5-6,8-10,18H2,1-2H3. The largest absolute Gasteiger partial charge is 0.330 e. The first kappa shape index (κ1) is 14.4. The summed E-state index contributed by atoms with van der Waals surface area (Å²) in [5.41, 5.74) is 6.58. The molecule has 1 aliphatic rings. The smallest absolute Gasteiger partial charge is 0.159 e. The molecule has 1 aliphatic carbocycles. The molecule has 2 rings (SSSR count). The van der Waals surface area contributed by atoms with Gasteiger partial charge in [0.2, 0.25) is 0 Å². The molecule has 0 aliphatic heterocycles. The van der Waals surface area contributed by atoms with E-state index in [1.807, 2.05) is 13.8 Å². The van der Waals surface area contributed by atoms with Crippen LogP contribution in [0.25, 0.3) is 0 Å². The molecule has 0 radical (unpaired) electrons. The lowest BCUT2D eigenvalue weighted by Gasteiger charge is -2.27. The summed E-state index contributed by atoms with van der Waals surface area (Å²) in [7, 11) is 0. The van der Waals surface area contributed by atoms with Crippen LogP contribution in [0.1, 0.15) is 32.3 Å². The van der Waals surface area contributed by atoms with Crippen LogP contribution in [0.5, 0.6) is 0 Å². The van der Waals surface area contributed by atoms with Crippen molar-refractivity contribution in [2.75, 3.05) is 19.6 Å². The van der Waals surface area contributed by atoms with E-state index in [1.165, 1.54) is 25.0 Å². The summed E-state index contributed by atoms with van der Waals surface area (Å²) in [5, 5.41) is 3.42. The highest BCUT2D eigenvalue weighted by Gasteiger charge is 2.40. The van der Waals surface area contributed by atoms with Gasteiger partial charge in [-0.05, 0) is 42.5 Å². The monoisotopic (exact) mass is 268 g/mol. The third kappa shape index (κ3) is 3.31. The molecule has 1 aromatic rings. The van der Waals surface area contributed by atoms with Crippen LogP contribution in [-0.4, -0.2) is 19.6 Å². The molecule has 3 N–H and O–H groups in total. The van der Waals surface area contributed by atoms with Gasteiger partial charge in [-0.15, -0.1) is 0 Å². The Morgan fingerprint density at radius 1 is 1.26 bits per heavy atom. The van der Waals surface area contributed by atoms with Crippen LogP contribution in [0.2, 0.25) is 0 Å². The lowest BCUT2D eigenvalue weighted by molar-refractivity contribution is 0.407. The van der Waals surface area contributed by atoms with Gasteiger partial charge in [-0.1, -0.05) is 19.9 Å². The predicted octanol–water partition coefficient (Wildman–Crippen LogP) is 2.57. The molecular weight excluding hydrogens is 246 g/mol. The maximum atomic E-state index is 13.3. The Morgan fingerprint density at radius 3 is 2.47 bits per heavy atom. The van der Waals surface area contributed by atoms with Crippen LogP contribution in [0, 0.1) is 17.0 Å². The molecule has 106 valence electrons. The van der Waals surface area contributed by atoms with Gasteiger partial charge in [0.05, 0.1) is 0 Å². The summed E-state index contributed by atoms with van der Waals surface area (Å²) in [6, 6.07) is 4.12. The number of hydrogen-bond donors (Lipinski definition) is 2. The number of benzene rings is 1. The molecule has 2 nitrogen and oxygen atoms in total. The van der Waals surface area contributed by atoms with Gasteiger partial charge in [-0.3, -0.25) is 0 Å². The van der Waals surface area contributed by atoms with Crippen molar-refractivity contribution in [1.82, 2.24) is 5.32 Å². The Kier molecular flexibility index (Phi) is 3.92. The average Bonchev–Trinajstić information content (AvgIpc) is 3.13. The summed E-state index contributed by atoms with van der Waals surface area (Å²) in [5.74, 6) is -1.58. The van der Waals surface area contributed by atoms with Crippen molar-refractivity contribution in [2.24, 2.45) is 11.1 Å². The van der Waals surface area contributed by atoms with Crippen molar-refractivity contribution in [3.63, 3.8) is 0 Å². The number of hydrogen-bond acceptors (Lipinski definition) is 2. The van der Waals surface area contributed by atoms with Gasteiger partial charge in [0.25, 0.3) is 0 Å². The molecule has 0 saturated heterocycles. The first-order valence-electron chi connectivity index (χ1n) is 6.75. The SMILES string of the molecule is CC(C)(CNCC1(CN)CC1)c1ccc(F)c(F)c1. The number of halogens is 2. The fourth-order valence-corrected chi connectivity index (χ4v) is 2.29. The molecule has 0 bridgehead atoms. The number of nitrogens with one attached hydrogen (secondary N) is 1. The van der Waals surface area contributed by atoms with Crippen molar-refractivity contribution in [3.8, 4) is 0 Å². The molecule has 1 aromatic carbocycles. The highest BCUT2D eigenvalue weighted by atomic mass is 19.2. The molecule has 1 fully saturated rings. The summed E-state index contributed by atoms with van der Waals surface area (Å²) in [6.45, 7) is 6.38. The van der Waals surface area contributed by atoms with E-state index in [-0.39, 0.29) is 10.8 Å². The first-order chi connectivity index (χ1) is 8.88. The van der Waals surface area contributed by atoms with Crippen molar-refractivity contribution >= 4 is 0 Å². The molecule has 0 amide bonds. The fourth-order valence-electron chi connectivity index (χ4n) is 2.29. The van der Waals surface area contributed by atoms with Crippen LogP contribution >= 0.6 is 0 Å². The Morgan fingerprint density at radius 2 is 1.95 bits per heavy atom. The van der Waals surface area contributed by atoms with Gasteiger partial charge >= 0.3 is 0 Å². The topological polar surface area (TPSA) is 38.0 Å². The average molecular weight is 268 g/mol. The van der Waals surface area contributed by atoms with Crippen molar-refractivity contribution in [1.29, 1.82) is 0 Å². The highest BCUT2D eigenvalue weighted by molar-refractivity contribution is 5.25. The maximum absolute atomic E-state index is 13.3. The van der Waals surface area contributed by atoms with Crippen LogP contribution in [-0.2, 0) is 5.41 Å². The van der Waals surface area contributed by atoms with Gasteiger partial charge in [-0.2, -0.15) is 0 Å². The van der Waals surface area contributed by atoms with E-state index in [4.69, 9.17) is 5.73 Å². The second kappa shape index (κ2) is 5.17. The van der Waals surface area contributed by atoms with Gasteiger partial charge in [0.1, 0.15) is 0 Å². The van der Waals surface area contributed by atoms with Gasteiger partial charge < -0.3 is 11.1 Å². The second-order valence-electron chi connectivity index (χ2n) is 6.32. The molecule has 1 saturated carbocycles. The van der Waals surface area contributed by atoms with E-state index >= 15 is 0 Å². The molecule has 0 heterocycles. The predicted molar refractivity (Wildman–Crippen MR) is 73.0 cm³/mol. The normalized spacial score (nSPS) is 17.5. The van der Waals surface area contributed by atoms with Crippen LogP contribution in [0.15, 0.2) is 18.2 Å². The second-order valence-corrected chi connectivity index (χ2v) is 6.32. The van der Waals surface area contributed by atoms with E-state index in [2.05, 4.69) is 5.32 Å². The Balaban J connectivity index is 1.95. The zero-order chi connectivity index (χ0) is 14.1. The highest BCUT2D eigenvalue weighted by Crippen LogP contribution is 2.43. The van der Waals surface area contributed by atoms with Crippen LogP contribution in [0.4, 0.5) is 8.78 Å². The molecule has 0 aromatic heterocycles. The molecule has 0 spiro atoms. The molecule has 19 heavy (non-hydrogen) atoms. The molecular formula is C15H22F2N2. The van der Waals surface area contributed by atoms with Gasteiger partial charge in [-0.25, -0.2) is 8.78 Å². The summed E-state index contributed by atoms with van der Waals surface area (Å²) >= 11 is 0.